The van der Waals surface area contributed by atoms with Crippen LogP contribution in [0.3, 0.4) is 0 Å². The zero-order valence-corrected chi connectivity index (χ0v) is 16.2. The monoisotopic (exact) mass is 364 g/mol. The second-order valence-electron chi connectivity index (χ2n) is 7.88. The Morgan fingerprint density at radius 2 is 1.22 bits per heavy atom. The highest BCUT2D eigenvalue weighted by Crippen LogP contribution is 2.75. The van der Waals surface area contributed by atoms with Gasteiger partial charge in [-0.25, -0.2) is 4.57 Å². The van der Waals surface area contributed by atoms with Crippen molar-refractivity contribution >= 4 is 14.3 Å². The van der Waals surface area contributed by atoms with E-state index in [1.165, 1.54) is 0 Å². The molecule has 0 bridgehead atoms. The Morgan fingerprint density at radius 3 is 1.48 bits per heavy atom. The van der Waals surface area contributed by atoms with Crippen LogP contribution in [0.2, 0.25) is 0 Å². The molecule has 0 saturated carbocycles. The summed E-state index contributed by atoms with van der Waals surface area (Å²) in [4.78, 5) is 27.8. The van der Waals surface area contributed by atoms with Crippen molar-refractivity contribution in [2.24, 2.45) is 0 Å². The van der Waals surface area contributed by atoms with Gasteiger partial charge in [0.25, 0.3) is 0 Å². The van der Waals surface area contributed by atoms with Crippen molar-refractivity contribution in [3.63, 3.8) is 0 Å². The highest BCUT2D eigenvalue weighted by molar-refractivity contribution is 8.28. The van der Waals surface area contributed by atoms with Gasteiger partial charge in [0.05, 0.1) is 6.16 Å². The molecular formula is C15H26O6P2. The molecule has 0 radical (unpaired) electrons. The Kier molecular flexibility index (Phi) is 5.34. The lowest BCUT2D eigenvalue weighted by molar-refractivity contribution is 0.376. The van der Waals surface area contributed by atoms with E-state index in [0.29, 0.717) is 16.7 Å². The molecule has 0 aliphatic heterocycles. The summed E-state index contributed by atoms with van der Waals surface area (Å²) in [7, 11) is -9.78. The van der Waals surface area contributed by atoms with Gasteiger partial charge in [-0.2, -0.15) is 0 Å². The second-order valence-corrected chi connectivity index (χ2v) is 14.0. The topological polar surface area (TPSA) is 115 Å². The van der Waals surface area contributed by atoms with Crippen LogP contribution in [0.4, 0.5) is 0 Å². The molecular weight excluding hydrogens is 338 g/mol. The van der Waals surface area contributed by atoms with E-state index in [2.05, 4.69) is 0 Å². The van der Waals surface area contributed by atoms with Gasteiger partial charge in [-0.05, 0) is 27.5 Å². The molecule has 0 fully saturated rings. The van der Waals surface area contributed by atoms with Gasteiger partial charge >= 0.3 is 14.3 Å². The van der Waals surface area contributed by atoms with Gasteiger partial charge in [0, 0.05) is 0 Å². The van der Waals surface area contributed by atoms with Crippen molar-refractivity contribution in [3.05, 3.63) is 28.8 Å². The molecule has 1 aromatic rings. The molecule has 1 aromatic carbocycles. The fraction of sp³-hybridized carbons (Fsp3) is 0.600. The zero-order chi connectivity index (χ0) is 18.4. The quantitative estimate of drug-likeness (QED) is 0.606. The van der Waals surface area contributed by atoms with Crippen LogP contribution in [0.15, 0.2) is 12.1 Å². The summed E-state index contributed by atoms with van der Waals surface area (Å²) in [6.07, 6.45) is -0.635. The number of phenols is 1. The Bertz CT molecular complexity index is 656. The third-order valence-corrected chi connectivity index (χ3v) is 8.04. The summed E-state index contributed by atoms with van der Waals surface area (Å²) in [5.41, 5.74) is 0.617. The molecule has 0 heterocycles. The van der Waals surface area contributed by atoms with Gasteiger partial charge in [-0.1, -0.05) is 53.7 Å². The SMILES string of the molecule is CC(C)(C)c1cc(CP(=O)(O)P(=O)(O)O)cc(C(C)(C)C)c1O. The molecule has 0 aromatic heterocycles. The van der Waals surface area contributed by atoms with Gasteiger partial charge in [0.1, 0.15) is 5.75 Å². The van der Waals surface area contributed by atoms with Crippen LogP contribution in [-0.2, 0) is 26.1 Å². The fourth-order valence-electron chi connectivity index (χ4n) is 2.26. The molecule has 0 spiro atoms. The smallest absolute Gasteiger partial charge is 0.407 e. The first-order valence-corrected chi connectivity index (χ1v) is 11.4. The van der Waals surface area contributed by atoms with E-state index in [1.54, 1.807) is 12.1 Å². The molecule has 1 rings (SSSR count). The normalized spacial score (nSPS) is 16.2. The highest BCUT2D eigenvalue weighted by Gasteiger charge is 2.40. The number of phenolic OH excluding ortho intramolecular Hbond substituents is 1. The molecule has 8 heteroatoms. The van der Waals surface area contributed by atoms with Gasteiger partial charge in [0.15, 0.2) is 0 Å². The van der Waals surface area contributed by atoms with Crippen molar-refractivity contribution in [1.29, 1.82) is 0 Å². The minimum absolute atomic E-state index is 0.109. The lowest BCUT2D eigenvalue weighted by Crippen LogP contribution is -2.18. The van der Waals surface area contributed by atoms with Crippen LogP contribution in [0.5, 0.6) is 5.75 Å². The predicted molar refractivity (Wildman–Crippen MR) is 91.1 cm³/mol. The van der Waals surface area contributed by atoms with Crippen LogP contribution in [0, 0.1) is 0 Å². The third-order valence-electron chi connectivity index (χ3n) is 3.58. The summed E-state index contributed by atoms with van der Waals surface area (Å²) in [5.74, 6) is 0.109. The second kappa shape index (κ2) is 6.02. The maximum Gasteiger partial charge on any atom is 0.407 e. The molecule has 23 heavy (non-hydrogen) atoms. The molecule has 6 nitrogen and oxygen atoms in total. The molecule has 0 aliphatic rings. The molecule has 1 atom stereocenters. The number of aromatic hydroxyl groups is 1. The van der Waals surface area contributed by atoms with Crippen molar-refractivity contribution in [2.45, 2.75) is 58.5 Å². The Labute approximate surface area is 137 Å². The summed E-state index contributed by atoms with van der Waals surface area (Å²) < 4.78 is 23.2. The summed E-state index contributed by atoms with van der Waals surface area (Å²) >= 11 is 0. The van der Waals surface area contributed by atoms with Crippen LogP contribution in [-0.4, -0.2) is 19.8 Å². The summed E-state index contributed by atoms with van der Waals surface area (Å²) in [5, 5.41) is 10.6. The summed E-state index contributed by atoms with van der Waals surface area (Å²) in [6, 6.07) is 3.09. The van der Waals surface area contributed by atoms with Crippen LogP contribution >= 0.6 is 14.3 Å². The maximum atomic E-state index is 11.9. The Hall–Kier alpha value is -0.640. The van der Waals surface area contributed by atoms with Crippen molar-refractivity contribution in [3.8, 4) is 5.75 Å². The first kappa shape index (κ1) is 20.4. The average molecular weight is 364 g/mol. The number of benzene rings is 1. The van der Waals surface area contributed by atoms with E-state index in [0.717, 1.165) is 0 Å². The third kappa shape index (κ3) is 4.68. The Balaban J connectivity index is 3.58. The van der Waals surface area contributed by atoms with E-state index < -0.39 is 31.3 Å². The first-order valence-electron chi connectivity index (χ1n) is 7.21. The van der Waals surface area contributed by atoms with E-state index in [1.807, 2.05) is 41.5 Å². The molecule has 0 amide bonds. The van der Waals surface area contributed by atoms with Crippen molar-refractivity contribution in [2.75, 3.05) is 0 Å². The average Bonchev–Trinajstić information content (AvgIpc) is 2.26. The zero-order valence-electron chi connectivity index (χ0n) is 14.4. The standard InChI is InChI=1S/C15H26O6P2/c1-14(2,3)11-7-10(9-22(17,18)23(19,20)21)8-12(13(11)16)15(4,5)6/h7-8,16H,9H2,1-6H3,(H,17,18)(H2,19,20,21). The van der Waals surface area contributed by atoms with E-state index >= 15 is 0 Å². The summed E-state index contributed by atoms with van der Waals surface area (Å²) in [6.45, 7) is 11.3. The van der Waals surface area contributed by atoms with Crippen LogP contribution in [0.1, 0.15) is 58.2 Å². The van der Waals surface area contributed by atoms with Crippen molar-refractivity contribution < 1.29 is 28.9 Å². The van der Waals surface area contributed by atoms with E-state index in [4.69, 9.17) is 9.79 Å². The fourth-order valence-corrected chi connectivity index (χ4v) is 4.14. The molecule has 4 N–H and O–H groups in total. The van der Waals surface area contributed by atoms with Gasteiger partial charge in [0.2, 0.25) is 0 Å². The van der Waals surface area contributed by atoms with E-state index in [-0.39, 0.29) is 5.75 Å². The number of rotatable bonds is 3. The molecule has 0 saturated heterocycles. The maximum absolute atomic E-state index is 11.9. The molecule has 0 aliphatic carbocycles. The largest absolute Gasteiger partial charge is 0.507 e. The molecule has 1 unspecified atom stereocenters. The minimum atomic E-state index is -5.11. The highest BCUT2D eigenvalue weighted by atomic mass is 32.1. The predicted octanol–water partition coefficient (Wildman–Crippen LogP) is 3.85. The van der Waals surface area contributed by atoms with E-state index in [9.17, 15) is 19.1 Å². The van der Waals surface area contributed by atoms with Gasteiger partial charge < -0.3 is 19.8 Å². The Morgan fingerprint density at radius 1 is 0.870 bits per heavy atom. The lowest BCUT2D eigenvalue weighted by atomic mass is 9.78. The lowest BCUT2D eigenvalue weighted by Gasteiger charge is -2.28. The number of hydrogen-bond donors (Lipinski definition) is 4. The van der Waals surface area contributed by atoms with Crippen LogP contribution in [0.25, 0.3) is 0 Å². The minimum Gasteiger partial charge on any atom is -0.507 e. The van der Waals surface area contributed by atoms with Crippen molar-refractivity contribution in [1.82, 2.24) is 0 Å². The number of hydrogen-bond acceptors (Lipinski definition) is 3. The van der Waals surface area contributed by atoms with Gasteiger partial charge in [-0.15, -0.1) is 0 Å². The first-order chi connectivity index (χ1) is 9.97. The van der Waals surface area contributed by atoms with Gasteiger partial charge in [-0.3, -0.25) is 4.57 Å². The molecule has 132 valence electrons. The van der Waals surface area contributed by atoms with Crippen LogP contribution < -0.4 is 0 Å².